The Morgan fingerprint density at radius 1 is 1.00 bits per heavy atom. The predicted octanol–water partition coefficient (Wildman–Crippen LogP) is 3.84. The van der Waals surface area contributed by atoms with E-state index in [1.807, 2.05) is 17.2 Å². The largest absolute Gasteiger partial charge is 0.381 e. The van der Waals surface area contributed by atoms with Crippen molar-refractivity contribution >= 4 is 11.6 Å². The van der Waals surface area contributed by atoms with Crippen molar-refractivity contribution in [3.63, 3.8) is 0 Å². The number of likely N-dealkylation sites (tertiary alicyclic amines) is 1. The highest BCUT2D eigenvalue weighted by Gasteiger charge is 2.19. The van der Waals surface area contributed by atoms with Gasteiger partial charge in [0, 0.05) is 31.5 Å². The molecular weight excluding hydrogens is 274 g/mol. The highest BCUT2D eigenvalue weighted by molar-refractivity contribution is 5.94. The van der Waals surface area contributed by atoms with Crippen LogP contribution in [0.15, 0.2) is 18.5 Å². The van der Waals surface area contributed by atoms with Gasteiger partial charge in [0.15, 0.2) is 0 Å². The number of nitrogens with one attached hydrogen (secondary N) is 1. The molecule has 4 nitrogen and oxygen atoms in total. The van der Waals surface area contributed by atoms with Crippen LogP contribution >= 0.6 is 0 Å². The summed E-state index contributed by atoms with van der Waals surface area (Å²) in [5.74, 6) is 0.140. The van der Waals surface area contributed by atoms with Gasteiger partial charge in [-0.3, -0.25) is 9.78 Å². The first-order valence-corrected chi connectivity index (χ1v) is 8.84. The minimum atomic E-state index is 0.140. The molecule has 0 unspecified atom stereocenters. The van der Waals surface area contributed by atoms with Crippen LogP contribution in [0.4, 0.5) is 5.69 Å². The summed E-state index contributed by atoms with van der Waals surface area (Å²) in [7, 11) is 0. The van der Waals surface area contributed by atoms with E-state index in [0.717, 1.165) is 37.2 Å². The zero-order valence-corrected chi connectivity index (χ0v) is 13.4. The number of carbonyl (C=O) groups excluding carboxylic acids is 1. The molecular formula is C18H27N3O. The second-order valence-electron chi connectivity index (χ2n) is 6.65. The Kier molecular flexibility index (Phi) is 5.30. The fourth-order valence-electron chi connectivity index (χ4n) is 3.57. The first-order chi connectivity index (χ1) is 10.8. The van der Waals surface area contributed by atoms with Gasteiger partial charge in [-0.25, -0.2) is 0 Å². The van der Waals surface area contributed by atoms with Gasteiger partial charge in [0.1, 0.15) is 0 Å². The normalized spacial score (nSPS) is 20.5. The lowest BCUT2D eigenvalue weighted by atomic mass is 9.95. The molecule has 4 heteroatoms. The molecule has 0 aromatic carbocycles. The van der Waals surface area contributed by atoms with Crippen LogP contribution < -0.4 is 5.32 Å². The fraction of sp³-hybridized carbons (Fsp3) is 0.667. The van der Waals surface area contributed by atoms with Crippen LogP contribution in [0.2, 0.25) is 0 Å². The van der Waals surface area contributed by atoms with E-state index in [4.69, 9.17) is 0 Å². The average Bonchev–Trinajstić information content (AvgIpc) is 2.85. The van der Waals surface area contributed by atoms with Crippen LogP contribution in [0, 0.1) is 0 Å². The predicted molar refractivity (Wildman–Crippen MR) is 89.1 cm³/mol. The van der Waals surface area contributed by atoms with Crippen LogP contribution in [0.25, 0.3) is 0 Å². The summed E-state index contributed by atoms with van der Waals surface area (Å²) in [6.07, 6.45) is 14.7. The third-order valence-corrected chi connectivity index (χ3v) is 4.85. The van der Waals surface area contributed by atoms with Gasteiger partial charge in [-0.2, -0.15) is 0 Å². The summed E-state index contributed by atoms with van der Waals surface area (Å²) in [6, 6.07) is 2.52. The molecule has 2 heterocycles. The van der Waals surface area contributed by atoms with E-state index >= 15 is 0 Å². The quantitative estimate of drug-likeness (QED) is 0.922. The van der Waals surface area contributed by atoms with Gasteiger partial charge in [0.2, 0.25) is 0 Å². The monoisotopic (exact) mass is 301 g/mol. The number of pyridine rings is 1. The Morgan fingerprint density at radius 2 is 1.68 bits per heavy atom. The van der Waals surface area contributed by atoms with Crippen LogP contribution in [0.1, 0.15) is 68.1 Å². The fourth-order valence-corrected chi connectivity index (χ4v) is 3.57. The third kappa shape index (κ3) is 3.99. The zero-order chi connectivity index (χ0) is 15.2. The van der Waals surface area contributed by atoms with Crippen molar-refractivity contribution in [2.45, 2.75) is 63.8 Å². The van der Waals surface area contributed by atoms with Gasteiger partial charge < -0.3 is 10.2 Å². The lowest BCUT2D eigenvalue weighted by Gasteiger charge is -2.24. The first-order valence-electron chi connectivity index (χ1n) is 8.84. The van der Waals surface area contributed by atoms with Crippen LogP contribution in [0.3, 0.4) is 0 Å². The van der Waals surface area contributed by atoms with Gasteiger partial charge in [-0.15, -0.1) is 0 Å². The molecule has 1 aliphatic carbocycles. The summed E-state index contributed by atoms with van der Waals surface area (Å²) >= 11 is 0. The number of nitrogens with zero attached hydrogens (tertiary/aromatic N) is 2. The molecule has 1 saturated carbocycles. The van der Waals surface area contributed by atoms with Crippen molar-refractivity contribution < 1.29 is 4.79 Å². The molecule has 1 aromatic heterocycles. The number of hydrogen-bond donors (Lipinski definition) is 1. The van der Waals surface area contributed by atoms with E-state index in [1.54, 1.807) is 6.20 Å². The smallest absolute Gasteiger partial charge is 0.255 e. The van der Waals surface area contributed by atoms with E-state index in [1.165, 1.54) is 44.9 Å². The van der Waals surface area contributed by atoms with Crippen molar-refractivity contribution in [3.05, 3.63) is 24.0 Å². The Bertz CT molecular complexity index is 489. The highest BCUT2D eigenvalue weighted by Crippen LogP contribution is 2.22. The summed E-state index contributed by atoms with van der Waals surface area (Å²) in [5.41, 5.74) is 1.72. The summed E-state index contributed by atoms with van der Waals surface area (Å²) in [4.78, 5) is 18.9. The molecule has 1 saturated heterocycles. The van der Waals surface area contributed by atoms with Crippen LogP contribution in [-0.2, 0) is 0 Å². The number of hydrogen-bond acceptors (Lipinski definition) is 3. The Balaban J connectivity index is 1.65. The minimum Gasteiger partial charge on any atom is -0.381 e. The maximum atomic E-state index is 12.7. The SMILES string of the molecule is O=C(c1cncc(NC2CCCCC2)c1)N1CCCCCC1. The molecule has 1 aliphatic heterocycles. The first kappa shape index (κ1) is 15.3. The molecule has 0 bridgehead atoms. The number of carbonyl (C=O) groups is 1. The van der Waals surface area contributed by atoms with E-state index in [-0.39, 0.29) is 5.91 Å². The van der Waals surface area contributed by atoms with Gasteiger partial charge in [-0.05, 0) is 31.7 Å². The van der Waals surface area contributed by atoms with Crippen LogP contribution in [-0.4, -0.2) is 34.9 Å². The molecule has 22 heavy (non-hydrogen) atoms. The Morgan fingerprint density at radius 3 is 2.41 bits per heavy atom. The standard InChI is InChI=1S/C18H27N3O/c22-18(21-10-6-1-2-7-11-21)15-12-17(14-19-13-15)20-16-8-4-3-5-9-16/h12-14,16,20H,1-11H2. The second kappa shape index (κ2) is 7.61. The summed E-state index contributed by atoms with van der Waals surface area (Å²) in [5, 5.41) is 3.56. The number of aromatic nitrogens is 1. The maximum absolute atomic E-state index is 12.7. The molecule has 2 aliphatic rings. The van der Waals surface area contributed by atoms with Gasteiger partial charge >= 0.3 is 0 Å². The number of amides is 1. The van der Waals surface area contributed by atoms with E-state index in [9.17, 15) is 4.79 Å². The van der Waals surface area contributed by atoms with Crippen molar-refractivity contribution in [1.29, 1.82) is 0 Å². The van der Waals surface area contributed by atoms with Gasteiger partial charge in [0.05, 0.1) is 11.3 Å². The van der Waals surface area contributed by atoms with E-state index < -0.39 is 0 Å². The topological polar surface area (TPSA) is 45.2 Å². The summed E-state index contributed by atoms with van der Waals surface area (Å²) in [6.45, 7) is 1.78. The van der Waals surface area contributed by atoms with Crippen molar-refractivity contribution in [2.24, 2.45) is 0 Å². The molecule has 3 rings (SSSR count). The van der Waals surface area contributed by atoms with Gasteiger partial charge in [-0.1, -0.05) is 32.1 Å². The zero-order valence-electron chi connectivity index (χ0n) is 13.4. The molecule has 0 radical (unpaired) electrons. The molecule has 1 amide bonds. The van der Waals surface area contributed by atoms with Crippen molar-refractivity contribution in [1.82, 2.24) is 9.88 Å². The minimum absolute atomic E-state index is 0.140. The number of anilines is 1. The van der Waals surface area contributed by atoms with E-state index in [0.29, 0.717) is 6.04 Å². The molecule has 120 valence electrons. The summed E-state index contributed by atoms with van der Waals surface area (Å²) < 4.78 is 0. The molecule has 1 N–H and O–H groups in total. The lowest BCUT2D eigenvalue weighted by molar-refractivity contribution is 0.0761. The molecule has 0 spiro atoms. The Labute approximate surface area is 133 Å². The van der Waals surface area contributed by atoms with Crippen LogP contribution in [0.5, 0.6) is 0 Å². The third-order valence-electron chi connectivity index (χ3n) is 4.85. The van der Waals surface area contributed by atoms with Crippen molar-refractivity contribution in [2.75, 3.05) is 18.4 Å². The average molecular weight is 301 g/mol. The van der Waals surface area contributed by atoms with E-state index in [2.05, 4.69) is 10.3 Å². The Hall–Kier alpha value is -1.58. The second-order valence-corrected chi connectivity index (χ2v) is 6.65. The van der Waals surface area contributed by atoms with Crippen molar-refractivity contribution in [3.8, 4) is 0 Å². The molecule has 1 aromatic rings. The lowest BCUT2D eigenvalue weighted by Crippen LogP contribution is -2.32. The van der Waals surface area contributed by atoms with Gasteiger partial charge in [0.25, 0.3) is 5.91 Å². The maximum Gasteiger partial charge on any atom is 0.255 e. The number of rotatable bonds is 3. The highest BCUT2D eigenvalue weighted by atomic mass is 16.2. The molecule has 2 fully saturated rings. The molecule has 0 atom stereocenters.